The van der Waals surface area contributed by atoms with Crippen molar-refractivity contribution in [2.45, 2.75) is 53.4 Å². The van der Waals surface area contributed by atoms with Crippen LogP contribution in [0.15, 0.2) is 59.6 Å². The zero-order valence-corrected chi connectivity index (χ0v) is 17.4. The van der Waals surface area contributed by atoms with E-state index in [1.54, 1.807) is 0 Å². The fourth-order valence-electron chi connectivity index (χ4n) is 3.50. The molecule has 2 nitrogen and oxygen atoms in total. The highest BCUT2D eigenvalue weighted by Crippen LogP contribution is 2.26. The molecule has 0 bridgehead atoms. The Morgan fingerprint density at radius 2 is 1.63 bits per heavy atom. The molecule has 3 rings (SSSR count). The summed E-state index contributed by atoms with van der Waals surface area (Å²) in [6.07, 6.45) is 2.99. The minimum atomic E-state index is 0.170. The van der Waals surface area contributed by atoms with Gasteiger partial charge in [0.25, 0.3) is 0 Å². The van der Waals surface area contributed by atoms with Crippen molar-refractivity contribution in [3.05, 3.63) is 82.7 Å². The van der Waals surface area contributed by atoms with Crippen LogP contribution in [0.4, 0.5) is 5.69 Å². The lowest BCUT2D eigenvalue weighted by molar-refractivity contribution is 0.590. The van der Waals surface area contributed by atoms with Crippen LogP contribution in [0.2, 0.25) is 0 Å². The lowest BCUT2D eigenvalue weighted by atomic mass is 9.87. The highest BCUT2D eigenvalue weighted by atomic mass is 15.0. The lowest BCUT2D eigenvalue weighted by Gasteiger charge is -2.20. The van der Waals surface area contributed by atoms with Gasteiger partial charge in [0.2, 0.25) is 0 Å². The number of rotatable bonds is 4. The van der Waals surface area contributed by atoms with E-state index in [0.717, 1.165) is 12.1 Å². The molecule has 0 aliphatic heterocycles. The Labute approximate surface area is 163 Å². The fraction of sp³-hybridized carbons (Fsp3) is 0.320. The molecule has 27 heavy (non-hydrogen) atoms. The molecule has 1 aromatic heterocycles. The molecular weight excluding hydrogens is 328 g/mol. The zero-order valence-electron chi connectivity index (χ0n) is 17.4. The Hall–Kier alpha value is -2.61. The minimum Gasteiger partial charge on any atom is -0.318 e. The molecule has 0 saturated carbocycles. The molecule has 2 aromatic carbocycles. The van der Waals surface area contributed by atoms with E-state index in [0.29, 0.717) is 0 Å². The predicted octanol–water partition coefficient (Wildman–Crippen LogP) is 6.70. The van der Waals surface area contributed by atoms with Gasteiger partial charge in [0.1, 0.15) is 0 Å². The van der Waals surface area contributed by atoms with Gasteiger partial charge in [-0.05, 0) is 61.1 Å². The summed E-state index contributed by atoms with van der Waals surface area (Å²) >= 11 is 0. The molecule has 0 N–H and O–H groups in total. The first kappa shape index (κ1) is 19.2. The molecule has 140 valence electrons. The minimum absolute atomic E-state index is 0.170. The molecule has 0 aliphatic rings. The number of aliphatic imine (C=N–C) groups is 1. The molecule has 0 unspecified atom stereocenters. The second-order valence-electron chi connectivity index (χ2n) is 8.20. The van der Waals surface area contributed by atoms with Gasteiger partial charge in [-0.2, -0.15) is 0 Å². The summed E-state index contributed by atoms with van der Waals surface area (Å²) in [5.74, 6) is 0. The number of nitrogens with zero attached hydrogens (tertiary/aromatic N) is 2. The summed E-state index contributed by atoms with van der Waals surface area (Å²) in [5.41, 5.74) is 8.66. The van der Waals surface area contributed by atoms with E-state index in [9.17, 15) is 0 Å². The summed E-state index contributed by atoms with van der Waals surface area (Å²) in [5, 5.41) is 0. The van der Waals surface area contributed by atoms with Gasteiger partial charge >= 0.3 is 0 Å². The SMILES string of the molecule is CCc1ccccc1N=Cc1cc(C)n(-c2ccc(C(C)(C)C)cc2)c1C. The van der Waals surface area contributed by atoms with Crippen molar-refractivity contribution in [1.82, 2.24) is 4.57 Å². The van der Waals surface area contributed by atoms with E-state index < -0.39 is 0 Å². The molecule has 0 radical (unpaired) electrons. The smallest absolute Gasteiger partial charge is 0.0661 e. The van der Waals surface area contributed by atoms with Gasteiger partial charge in [0.05, 0.1) is 5.69 Å². The average Bonchev–Trinajstić information content (AvgIpc) is 2.93. The standard InChI is InChI=1S/C25H30N2/c1-7-20-10-8-9-11-24(20)26-17-21-16-18(2)27(19(21)3)23-14-12-22(13-15-23)25(4,5)6/h8-17H,7H2,1-6H3. The van der Waals surface area contributed by atoms with Crippen molar-refractivity contribution in [3.8, 4) is 5.69 Å². The van der Waals surface area contributed by atoms with Crippen LogP contribution in [0.3, 0.4) is 0 Å². The summed E-state index contributed by atoms with van der Waals surface area (Å²) in [4.78, 5) is 4.76. The monoisotopic (exact) mass is 358 g/mol. The van der Waals surface area contributed by atoms with Crippen molar-refractivity contribution in [2.24, 2.45) is 4.99 Å². The van der Waals surface area contributed by atoms with Crippen LogP contribution in [-0.4, -0.2) is 10.8 Å². The van der Waals surface area contributed by atoms with Crippen molar-refractivity contribution in [1.29, 1.82) is 0 Å². The van der Waals surface area contributed by atoms with E-state index in [2.05, 4.69) is 94.6 Å². The molecule has 1 heterocycles. The van der Waals surface area contributed by atoms with Gasteiger partial charge < -0.3 is 4.57 Å². The molecular formula is C25H30N2. The van der Waals surface area contributed by atoms with Crippen LogP contribution in [0, 0.1) is 13.8 Å². The van der Waals surface area contributed by atoms with E-state index >= 15 is 0 Å². The third kappa shape index (κ3) is 4.05. The maximum Gasteiger partial charge on any atom is 0.0661 e. The van der Waals surface area contributed by atoms with Gasteiger partial charge in [0.15, 0.2) is 0 Å². The van der Waals surface area contributed by atoms with Crippen molar-refractivity contribution < 1.29 is 0 Å². The summed E-state index contributed by atoms with van der Waals surface area (Å²) < 4.78 is 2.31. The molecule has 0 saturated heterocycles. The van der Waals surface area contributed by atoms with Crippen LogP contribution < -0.4 is 0 Å². The summed E-state index contributed by atoms with van der Waals surface area (Å²) in [6, 6.07) is 19.5. The maximum atomic E-state index is 4.76. The Balaban J connectivity index is 1.94. The Morgan fingerprint density at radius 3 is 2.26 bits per heavy atom. The normalized spacial score (nSPS) is 12.1. The van der Waals surface area contributed by atoms with Gasteiger partial charge in [-0.1, -0.05) is 58.0 Å². The van der Waals surface area contributed by atoms with Crippen LogP contribution in [0.1, 0.15) is 55.8 Å². The molecule has 0 aliphatic carbocycles. The molecule has 0 fully saturated rings. The molecule has 3 aromatic rings. The van der Waals surface area contributed by atoms with Crippen LogP contribution >= 0.6 is 0 Å². The average molecular weight is 359 g/mol. The number of benzene rings is 2. The first-order valence-corrected chi connectivity index (χ1v) is 9.73. The number of para-hydroxylation sites is 1. The highest BCUT2D eigenvalue weighted by molar-refractivity contribution is 5.84. The Morgan fingerprint density at radius 1 is 0.963 bits per heavy atom. The van der Waals surface area contributed by atoms with Gasteiger partial charge in [-0.3, -0.25) is 4.99 Å². The number of aryl methyl sites for hydroxylation is 2. The summed E-state index contributed by atoms with van der Waals surface area (Å²) in [7, 11) is 0. The molecule has 0 amide bonds. The van der Waals surface area contributed by atoms with Gasteiger partial charge in [-0.25, -0.2) is 0 Å². The quantitative estimate of drug-likeness (QED) is 0.461. The first-order chi connectivity index (χ1) is 12.8. The number of hydrogen-bond acceptors (Lipinski definition) is 1. The van der Waals surface area contributed by atoms with Crippen LogP contribution in [0.25, 0.3) is 5.69 Å². The number of hydrogen-bond donors (Lipinski definition) is 0. The van der Waals surface area contributed by atoms with E-state index in [4.69, 9.17) is 4.99 Å². The Kier molecular flexibility index (Phi) is 5.36. The van der Waals surface area contributed by atoms with Crippen LogP contribution in [-0.2, 0) is 11.8 Å². The predicted molar refractivity (Wildman–Crippen MR) is 117 cm³/mol. The van der Waals surface area contributed by atoms with E-state index in [1.807, 2.05) is 12.3 Å². The van der Waals surface area contributed by atoms with Crippen LogP contribution in [0.5, 0.6) is 0 Å². The third-order valence-corrected chi connectivity index (χ3v) is 5.18. The van der Waals surface area contributed by atoms with Gasteiger partial charge in [0, 0.05) is 28.9 Å². The molecule has 0 atom stereocenters. The molecule has 0 spiro atoms. The zero-order chi connectivity index (χ0) is 19.6. The second-order valence-corrected chi connectivity index (χ2v) is 8.20. The van der Waals surface area contributed by atoms with Gasteiger partial charge in [-0.15, -0.1) is 0 Å². The highest BCUT2D eigenvalue weighted by Gasteiger charge is 2.14. The topological polar surface area (TPSA) is 17.3 Å². The largest absolute Gasteiger partial charge is 0.318 e. The first-order valence-electron chi connectivity index (χ1n) is 9.73. The van der Waals surface area contributed by atoms with Crippen molar-refractivity contribution in [3.63, 3.8) is 0 Å². The summed E-state index contributed by atoms with van der Waals surface area (Å²) in [6.45, 7) is 13.2. The van der Waals surface area contributed by atoms with Crippen molar-refractivity contribution in [2.75, 3.05) is 0 Å². The van der Waals surface area contributed by atoms with Crippen molar-refractivity contribution >= 4 is 11.9 Å². The second kappa shape index (κ2) is 7.56. The van der Waals surface area contributed by atoms with E-state index in [-0.39, 0.29) is 5.41 Å². The maximum absolute atomic E-state index is 4.76. The lowest BCUT2D eigenvalue weighted by Crippen LogP contribution is -2.11. The Bertz CT molecular complexity index is 951. The van der Waals surface area contributed by atoms with E-state index in [1.165, 1.54) is 33.8 Å². The molecule has 2 heteroatoms. The third-order valence-electron chi connectivity index (χ3n) is 5.18. The fourth-order valence-corrected chi connectivity index (χ4v) is 3.50. The number of aromatic nitrogens is 1.